The van der Waals surface area contributed by atoms with Gasteiger partial charge < -0.3 is 5.32 Å². The molecule has 20 heavy (non-hydrogen) atoms. The predicted octanol–water partition coefficient (Wildman–Crippen LogP) is 4.11. The molecule has 2 unspecified atom stereocenters. The number of hydrogen-bond donors (Lipinski definition) is 1. The van der Waals surface area contributed by atoms with Crippen LogP contribution in [0.2, 0.25) is 0 Å². The molecule has 0 amide bonds. The second kappa shape index (κ2) is 7.53. The van der Waals surface area contributed by atoms with Crippen LogP contribution < -0.4 is 5.32 Å². The molecule has 0 aliphatic carbocycles. The number of nitrogens with one attached hydrogen (secondary N) is 1. The molecule has 1 fully saturated rings. The van der Waals surface area contributed by atoms with E-state index >= 15 is 0 Å². The van der Waals surface area contributed by atoms with Crippen molar-refractivity contribution in [2.75, 3.05) is 20.1 Å². The topological polar surface area (TPSA) is 15.3 Å². The lowest BCUT2D eigenvalue weighted by molar-refractivity contribution is 0.0971. The highest BCUT2D eigenvalue weighted by Crippen LogP contribution is 2.31. The van der Waals surface area contributed by atoms with Gasteiger partial charge in [-0.2, -0.15) is 0 Å². The number of hydrogen-bond acceptors (Lipinski definition) is 2. The van der Waals surface area contributed by atoms with Gasteiger partial charge in [-0.05, 0) is 79.9 Å². The van der Waals surface area contributed by atoms with E-state index in [9.17, 15) is 4.39 Å². The third-order valence-corrected chi connectivity index (χ3v) is 4.93. The summed E-state index contributed by atoms with van der Waals surface area (Å²) in [6.45, 7) is 4.43. The molecule has 4 heteroatoms. The molecule has 2 atom stereocenters. The summed E-state index contributed by atoms with van der Waals surface area (Å²) in [5, 5.41) is 3.25. The van der Waals surface area contributed by atoms with E-state index in [1.807, 2.05) is 19.2 Å². The Balaban J connectivity index is 2.11. The Labute approximate surface area is 129 Å². The summed E-state index contributed by atoms with van der Waals surface area (Å²) in [5.74, 6) is -0.189. The van der Waals surface area contributed by atoms with Crippen molar-refractivity contribution in [3.05, 3.63) is 34.1 Å². The molecule has 1 saturated heterocycles. The molecule has 0 radical (unpaired) electrons. The first kappa shape index (κ1) is 15.9. The van der Waals surface area contributed by atoms with Crippen molar-refractivity contribution >= 4 is 15.9 Å². The number of benzene rings is 1. The van der Waals surface area contributed by atoms with Crippen molar-refractivity contribution < 1.29 is 4.39 Å². The maximum atomic E-state index is 13.4. The van der Waals surface area contributed by atoms with E-state index in [1.165, 1.54) is 31.2 Å². The van der Waals surface area contributed by atoms with Gasteiger partial charge in [-0.1, -0.05) is 12.5 Å². The molecule has 1 N–H and O–H groups in total. The fraction of sp³-hybridized carbons (Fsp3) is 0.625. The summed E-state index contributed by atoms with van der Waals surface area (Å²) >= 11 is 3.29. The Kier molecular flexibility index (Phi) is 6.00. The lowest BCUT2D eigenvalue weighted by atomic mass is 9.95. The maximum Gasteiger partial charge on any atom is 0.137 e. The molecule has 1 aromatic rings. The first-order chi connectivity index (χ1) is 9.63. The Morgan fingerprint density at radius 1 is 1.45 bits per heavy atom. The normalized spacial score (nSPS) is 21.9. The Morgan fingerprint density at radius 2 is 2.25 bits per heavy atom. The molecule has 0 spiro atoms. The monoisotopic (exact) mass is 342 g/mol. The average Bonchev–Trinajstić information content (AvgIpc) is 2.47. The Bertz CT molecular complexity index is 438. The van der Waals surface area contributed by atoms with Crippen LogP contribution in [0.1, 0.15) is 44.2 Å². The quantitative estimate of drug-likeness (QED) is 0.865. The fourth-order valence-electron chi connectivity index (χ4n) is 3.12. The first-order valence-corrected chi connectivity index (χ1v) is 8.28. The van der Waals surface area contributed by atoms with E-state index in [-0.39, 0.29) is 5.82 Å². The van der Waals surface area contributed by atoms with Gasteiger partial charge in [0.25, 0.3) is 0 Å². The van der Waals surface area contributed by atoms with Crippen LogP contribution >= 0.6 is 15.9 Å². The van der Waals surface area contributed by atoms with E-state index in [0.717, 1.165) is 13.1 Å². The molecule has 1 heterocycles. The maximum absolute atomic E-state index is 13.4. The zero-order valence-electron chi connectivity index (χ0n) is 12.3. The average molecular weight is 343 g/mol. The summed E-state index contributed by atoms with van der Waals surface area (Å²) in [5.41, 5.74) is 1.19. The molecule has 1 aliphatic rings. The number of rotatable bonds is 5. The molecular weight excluding hydrogens is 319 g/mol. The molecule has 112 valence electrons. The van der Waals surface area contributed by atoms with E-state index in [4.69, 9.17) is 0 Å². The van der Waals surface area contributed by atoms with Gasteiger partial charge in [0.15, 0.2) is 0 Å². The van der Waals surface area contributed by atoms with Gasteiger partial charge in [-0.3, -0.25) is 4.90 Å². The second-order valence-corrected chi connectivity index (χ2v) is 6.48. The fourth-order valence-corrected chi connectivity index (χ4v) is 3.51. The minimum atomic E-state index is -0.189. The van der Waals surface area contributed by atoms with Crippen LogP contribution in [0.15, 0.2) is 22.7 Å². The highest BCUT2D eigenvalue weighted by Gasteiger charge is 2.27. The number of likely N-dealkylation sites (tertiary alicyclic amines) is 1. The van der Waals surface area contributed by atoms with Gasteiger partial charge in [0.2, 0.25) is 0 Å². The van der Waals surface area contributed by atoms with Crippen molar-refractivity contribution in [2.24, 2.45) is 0 Å². The van der Waals surface area contributed by atoms with Gasteiger partial charge in [0.1, 0.15) is 5.82 Å². The minimum absolute atomic E-state index is 0.189. The van der Waals surface area contributed by atoms with Crippen molar-refractivity contribution in [1.29, 1.82) is 0 Å². The lowest BCUT2D eigenvalue weighted by Crippen LogP contribution is -2.42. The van der Waals surface area contributed by atoms with Crippen LogP contribution in [0.4, 0.5) is 4.39 Å². The van der Waals surface area contributed by atoms with Crippen LogP contribution in [0, 0.1) is 5.82 Å². The summed E-state index contributed by atoms with van der Waals surface area (Å²) in [6, 6.07) is 6.37. The highest BCUT2D eigenvalue weighted by molar-refractivity contribution is 9.10. The van der Waals surface area contributed by atoms with Crippen molar-refractivity contribution in [1.82, 2.24) is 10.2 Å². The van der Waals surface area contributed by atoms with Gasteiger partial charge in [0, 0.05) is 12.1 Å². The molecule has 0 saturated carbocycles. The number of piperidine rings is 1. The van der Waals surface area contributed by atoms with E-state index < -0.39 is 0 Å². The zero-order valence-corrected chi connectivity index (χ0v) is 13.9. The molecular formula is C16H24BrFN2. The highest BCUT2D eigenvalue weighted by atomic mass is 79.9. The van der Waals surface area contributed by atoms with Crippen molar-refractivity contribution in [2.45, 2.75) is 44.7 Å². The van der Waals surface area contributed by atoms with Crippen LogP contribution in [-0.4, -0.2) is 31.1 Å². The van der Waals surface area contributed by atoms with Crippen LogP contribution in [0.25, 0.3) is 0 Å². The van der Waals surface area contributed by atoms with E-state index in [2.05, 4.69) is 33.1 Å². The van der Waals surface area contributed by atoms with Gasteiger partial charge in [0.05, 0.1) is 4.47 Å². The molecule has 0 bridgehead atoms. The third-order valence-electron chi connectivity index (χ3n) is 4.32. The first-order valence-electron chi connectivity index (χ1n) is 7.48. The van der Waals surface area contributed by atoms with Crippen LogP contribution in [0.5, 0.6) is 0 Å². The van der Waals surface area contributed by atoms with E-state index in [0.29, 0.717) is 16.6 Å². The van der Waals surface area contributed by atoms with Crippen molar-refractivity contribution in [3.63, 3.8) is 0 Å². The molecule has 2 rings (SSSR count). The number of nitrogens with zero attached hydrogens (tertiary/aromatic N) is 1. The Morgan fingerprint density at radius 3 is 2.95 bits per heavy atom. The minimum Gasteiger partial charge on any atom is -0.320 e. The van der Waals surface area contributed by atoms with Crippen LogP contribution in [-0.2, 0) is 0 Å². The van der Waals surface area contributed by atoms with Gasteiger partial charge >= 0.3 is 0 Å². The SMILES string of the molecule is CNCCC1CCCCN1C(C)c1ccc(F)c(Br)c1. The molecule has 1 aromatic carbocycles. The molecule has 1 aliphatic heterocycles. The molecule has 0 aromatic heterocycles. The lowest BCUT2D eigenvalue weighted by Gasteiger charge is -2.40. The Hall–Kier alpha value is -0.450. The van der Waals surface area contributed by atoms with E-state index in [1.54, 1.807) is 6.07 Å². The largest absolute Gasteiger partial charge is 0.320 e. The molecule has 2 nitrogen and oxygen atoms in total. The zero-order chi connectivity index (χ0) is 14.5. The van der Waals surface area contributed by atoms with Gasteiger partial charge in [-0.15, -0.1) is 0 Å². The summed E-state index contributed by atoms with van der Waals surface area (Å²) in [7, 11) is 2.01. The third kappa shape index (κ3) is 3.80. The smallest absolute Gasteiger partial charge is 0.137 e. The number of halogens is 2. The summed E-state index contributed by atoms with van der Waals surface area (Å²) in [6.07, 6.45) is 5.05. The van der Waals surface area contributed by atoms with Gasteiger partial charge in [-0.25, -0.2) is 4.39 Å². The van der Waals surface area contributed by atoms with Crippen LogP contribution in [0.3, 0.4) is 0 Å². The second-order valence-electron chi connectivity index (χ2n) is 5.63. The van der Waals surface area contributed by atoms with Crippen molar-refractivity contribution in [3.8, 4) is 0 Å². The standard InChI is InChI=1S/C16H24BrFN2/c1-12(13-6-7-16(18)15(17)11-13)20-10-4-3-5-14(20)8-9-19-2/h6-7,11-12,14,19H,3-5,8-10H2,1-2H3. The predicted molar refractivity (Wildman–Crippen MR) is 85.4 cm³/mol. The summed E-state index contributed by atoms with van der Waals surface area (Å²) < 4.78 is 13.9. The summed E-state index contributed by atoms with van der Waals surface area (Å²) in [4.78, 5) is 2.58.